The number of allylic oxidation sites excluding steroid dienone is 3. The van der Waals surface area contributed by atoms with E-state index in [0.717, 1.165) is 12.0 Å². The second-order valence-electron chi connectivity index (χ2n) is 10.5. The van der Waals surface area contributed by atoms with Crippen LogP contribution < -0.4 is 10.1 Å². The summed E-state index contributed by atoms with van der Waals surface area (Å²) in [5, 5.41) is 15.1. The third-order valence-corrected chi connectivity index (χ3v) is 7.49. The molecule has 1 saturated heterocycles. The Bertz CT molecular complexity index is 1130. The second kappa shape index (κ2) is 14.0. The standard InChI is InChI=1S/C29H41N5O6/c1-20-8-6-7-9-24(20)21(2)17-31(3)28(38)25(14-15-27(36)37)33-19-34(32(4)18-26(33)35)29(39)30-16-22-10-12-23(40-5)13-11-22/h6-7,9-13,20-21,25H,8,14-19H2,1-5H3,(H,30,39)(H,36,37)/t20?,21?,25-/m0/s1. The molecule has 2 aliphatic rings. The molecule has 1 aromatic carbocycles. The van der Waals surface area contributed by atoms with Crippen molar-refractivity contribution >= 4 is 23.8 Å². The highest BCUT2D eigenvalue weighted by molar-refractivity contribution is 5.89. The number of ether oxygens (including phenoxy) is 1. The molecule has 11 nitrogen and oxygen atoms in total. The number of amides is 4. The average molecular weight is 556 g/mol. The summed E-state index contributed by atoms with van der Waals surface area (Å²) in [5.41, 5.74) is 2.12. The van der Waals surface area contributed by atoms with Gasteiger partial charge in [0.2, 0.25) is 11.8 Å². The van der Waals surface area contributed by atoms with Crippen molar-refractivity contribution in [2.24, 2.45) is 11.8 Å². The van der Waals surface area contributed by atoms with Crippen molar-refractivity contribution in [3.8, 4) is 5.75 Å². The van der Waals surface area contributed by atoms with Gasteiger partial charge < -0.3 is 25.0 Å². The molecule has 0 bridgehead atoms. The van der Waals surface area contributed by atoms with E-state index in [4.69, 9.17) is 4.74 Å². The minimum atomic E-state index is -1.06. The number of carboxylic acids is 1. The van der Waals surface area contributed by atoms with Gasteiger partial charge in [-0.15, -0.1) is 0 Å². The van der Waals surface area contributed by atoms with Crippen LogP contribution >= 0.6 is 0 Å². The lowest BCUT2D eigenvalue weighted by atomic mass is 9.85. The van der Waals surface area contributed by atoms with Crippen molar-refractivity contribution in [2.45, 2.75) is 45.7 Å². The maximum atomic E-state index is 13.7. The summed E-state index contributed by atoms with van der Waals surface area (Å²) in [6, 6.07) is 5.83. The van der Waals surface area contributed by atoms with Crippen LogP contribution in [0, 0.1) is 11.8 Å². The fourth-order valence-electron chi connectivity index (χ4n) is 5.15. The Kier molecular flexibility index (Phi) is 10.7. The summed E-state index contributed by atoms with van der Waals surface area (Å²) in [4.78, 5) is 54.2. The topological polar surface area (TPSA) is 123 Å². The van der Waals surface area contributed by atoms with Crippen LogP contribution in [0.3, 0.4) is 0 Å². The smallest absolute Gasteiger partial charge is 0.333 e. The van der Waals surface area contributed by atoms with E-state index in [1.165, 1.54) is 20.5 Å². The number of urea groups is 1. The first kappa shape index (κ1) is 30.7. The molecule has 1 aliphatic heterocycles. The molecule has 11 heteroatoms. The minimum absolute atomic E-state index is 0.0501. The van der Waals surface area contributed by atoms with Crippen LogP contribution in [0.4, 0.5) is 4.79 Å². The quantitative estimate of drug-likeness (QED) is 0.430. The summed E-state index contributed by atoms with van der Waals surface area (Å²) in [7, 11) is 4.88. The Morgan fingerprint density at radius 3 is 2.55 bits per heavy atom. The van der Waals surface area contributed by atoms with Crippen molar-refractivity contribution in [3.05, 3.63) is 53.6 Å². The molecular formula is C29H41N5O6. The Morgan fingerprint density at radius 1 is 1.23 bits per heavy atom. The number of rotatable bonds is 11. The maximum absolute atomic E-state index is 13.7. The van der Waals surface area contributed by atoms with E-state index in [1.807, 2.05) is 18.2 Å². The monoisotopic (exact) mass is 555 g/mol. The van der Waals surface area contributed by atoms with Crippen LogP contribution in [0.2, 0.25) is 0 Å². The first-order chi connectivity index (χ1) is 19.0. The van der Waals surface area contributed by atoms with Crippen molar-refractivity contribution in [2.75, 3.05) is 41.0 Å². The van der Waals surface area contributed by atoms with E-state index >= 15 is 0 Å². The molecule has 2 N–H and O–H groups in total. The maximum Gasteiger partial charge on any atom is 0.333 e. The molecule has 0 spiro atoms. The Morgan fingerprint density at radius 2 is 1.93 bits per heavy atom. The van der Waals surface area contributed by atoms with Crippen LogP contribution in [0.15, 0.2) is 48.1 Å². The molecule has 1 aliphatic carbocycles. The Balaban J connectivity index is 1.72. The zero-order valence-electron chi connectivity index (χ0n) is 24.0. The SMILES string of the molecule is COc1ccc(CNC(=O)N2CN([C@@H](CCC(=O)O)C(=O)N(C)CC(C)C3=CC=CCC3C)C(=O)CN2C)cc1. The molecule has 3 atom stereocenters. The Labute approximate surface area is 236 Å². The van der Waals surface area contributed by atoms with Crippen LogP contribution in [0.25, 0.3) is 0 Å². The number of likely N-dealkylation sites (N-methyl/N-ethyl adjacent to an activating group) is 2. The number of hydrogen-bond acceptors (Lipinski definition) is 6. The third-order valence-electron chi connectivity index (χ3n) is 7.49. The van der Waals surface area contributed by atoms with Crippen molar-refractivity contribution in [1.82, 2.24) is 25.1 Å². The second-order valence-corrected chi connectivity index (χ2v) is 10.5. The van der Waals surface area contributed by atoms with Gasteiger partial charge in [0.15, 0.2) is 0 Å². The molecule has 1 heterocycles. The highest BCUT2D eigenvalue weighted by Crippen LogP contribution is 2.27. The summed E-state index contributed by atoms with van der Waals surface area (Å²) in [6.45, 7) is 4.61. The molecule has 0 radical (unpaired) electrons. The number of methoxy groups -OCH3 is 1. The Hall–Kier alpha value is -3.86. The number of hydrogen-bond donors (Lipinski definition) is 2. The van der Waals surface area contributed by atoms with Crippen LogP contribution in [-0.2, 0) is 20.9 Å². The van der Waals surface area contributed by atoms with Gasteiger partial charge in [-0.3, -0.25) is 14.4 Å². The fourth-order valence-corrected chi connectivity index (χ4v) is 5.15. The normalized spacial score (nSPS) is 19.1. The minimum Gasteiger partial charge on any atom is -0.497 e. The van der Waals surface area contributed by atoms with Crippen LogP contribution in [0.1, 0.15) is 38.7 Å². The van der Waals surface area contributed by atoms with Gasteiger partial charge in [-0.2, -0.15) is 0 Å². The van der Waals surface area contributed by atoms with Crippen molar-refractivity contribution in [1.29, 1.82) is 0 Å². The number of nitrogens with zero attached hydrogens (tertiary/aromatic N) is 4. The van der Waals surface area contributed by atoms with Gasteiger partial charge in [0.1, 0.15) is 18.5 Å². The van der Waals surface area contributed by atoms with E-state index in [0.29, 0.717) is 18.2 Å². The molecule has 1 aromatic rings. The highest BCUT2D eigenvalue weighted by atomic mass is 16.5. The van der Waals surface area contributed by atoms with Gasteiger partial charge in [-0.05, 0) is 42.4 Å². The lowest BCUT2D eigenvalue weighted by Gasteiger charge is -2.44. The third kappa shape index (κ3) is 7.84. The molecule has 4 amide bonds. The van der Waals surface area contributed by atoms with E-state index in [2.05, 4.69) is 31.3 Å². The predicted octanol–water partition coefficient (Wildman–Crippen LogP) is 2.70. The molecular weight excluding hydrogens is 514 g/mol. The number of benzene rings is 1. The summed E-state index contributed by atoms with van der Waals surface area (Å²) in [6.07, 6.45) is 6.85. The zero-order valence-corrected chi connectivity index (χ0v) is 24.0. The first-order valence-corrected chi connectivity index (χ1v) is 13.5. The van der Waals surface area contributed by atoms with E-state index in [9.17, 15) is 24.3 Å². The number of hydrazine groups is 1. The number of carboxylic acid groups (broad SMARTS) is 1. The van der Waals surface area contributed by atoms with Gasteiger partial charge in [0.05, 0.1) is 13.7 Å². The predicted molar refractivity (Wildman–Crippen MR) is 150 cm³/mol. The molecule has 2 unspecified atom stereocenters. The molecule has 218 valence electrons. The summed E-state index contributed by atoms with van der Waals surface area (Å²) < 4.78 is 5.16. The fraction of sp³-hybridized carbons (Fsp3) is 0.517. The van der Waals surface area contributed by atoms with E-state index in [1.54, 1.807) is 38.2 Å². The summed E-state index contributed by atoms with van der Waals surface area (Å²) in [5.74, 6) is -0.575. The summed E-state index contributed by atoms with van der Waals surface area (Å²) >= 11 is 0. The number of aliphatic carboxylic acids is 1. The van der Waals surface area contributed by atoms with Gasteiger partial charge in [-0.25, -0.2) is 14.8 Å². The number of carbonyl (C=O) groups excluding carboxylic acids is 3. The van der Waals surface area contributed by atoms with Gasteiger partial charge >= 0.3 is 12.0 Å². The average Bonchev–Trinajstić information content (AvgIpc) is 2.92. The van der Waals surface area contributed by atoms with Crippen molar-refractivity contribution in [3.63, 3.8) is 0 Å². The largest absolute Gasteiger partial charge is 0.497 e. The number of carbonyl (C=O) groups is 4. The lowest BCUT2D eigenvalue weighted by molar-refractivity contribution is -0.162. The lowest BCUT2D eigenvalue weighted by Crippen LogP contribution is -2.65. The van der Waals surface area contributed by atoms with Crippen LogP contribution in [-0.4, -0.2) is 95.7 Å². The number of nitrogens with one attached hydrogen (secondary N) is 1. The molecule has 1 fully saturated rings. The van der Waals surface area contributed by atoms with Crippen molar-refractivity contribution < 1.29 is 29.0 Å². The van der Waals surface area contributed by atoms with Gasteiger partial charge in [-0.1, -0.05) is 49.8 Å². The van der Waals surface area contributed by atoms with Gasteiger partial charge in [0, 0.05) is 33.6 Å². The molecule has 0 saturated carbocycles. The van der Waals surface area contributed by atoms with Gasteiger partial charge in [0.25, 0.3) is 0 Å². The highest BCUT2D eigenvalue weighted by Gasteiger charge is 2.39. The molecule has 40 heavy (non-hydrogen) atoms. The van der Waals surface area contributed by atoms with E-state index < -0.39 is 18.0 Å². The van der Waals surface area contributed by atoms with Crippen LogP contribution in [0.5, 0.6) is 5.75 Å². The van der Waals surface area contributed by atoms with E-state index in [-0.39, 0.29) is 50.3 Å². The molecule has 0 aromatic heterocycles. The first-order valence-electron chi connectivity index (χ1n) is 13.5. The zero-order chi connectivity index (χ0) is 29.4. The molecule has 3 rings (SSSR count).